The van der Waals surface area contributed by atoms with Crippen LogP contribution in [0.25, 0.3) is 0 Å². The van der Waals surface area contributed by atoms with Crippen molar-refractivity contribution in [3.05, 3.63) is 150 Å². The predicted octanol–water partition coefficient (Wildman–Crippen LogP) is 6.96. The smallest absolute Gasteiger partial charge is 0.171 e. The maximum atomic E-state index is 15.0. The molecule has 38 heavy (non-hydrogen) atoms. The van der Waals surface area contributed by atoms with Gasteiger partial charge in [0, 0.05) is 15.9 Å². The van der Waals surface area contributed by atoms with Crippen molar-refractivity contribution in [1.29, 1.82) is 0 Å². The monoisotopic (exact) mass is 514 g/mol. The zero-order valence-electron chi connectivity index (χ0n) is 21.5. The molecule has 0 radical (unpaired) electrons. The topological polar surface area (TPSA) is 32.3 Å². The molecule has 0 saturated heterocycles. The third kappa shape index (κ3) is 4.39. The number of nitrogens with zero attached hydrogens (tertiary/aromatic N) is 1. The SMILES string of the molecule is Cc1c(P(=O)(c2ccccc2)c2ccccc2)ccc2c1CCC2NN(c1ccccc1)c1ccccc1. The molecule has 5 aromatic carbocycles. The van der Waals surface area contributed by atoms with Crippen molar-refractivity contribution in [3.63, 3.8) is 0 Å². The first-order valence-corrected chi connectivity index (χ1v) is 14.9. The molecular weight excluding hydrogens is 483 g/mol. The number of rotatable bonds is 7. The van der Waals surface area contributed by atoms with E-state index in [0.29, 0.717) is 0 Å². The number of para-hydroxylation sites is 2. The molecule has 1 aliphatic rings. The largest absolute Gasteiger partial charge is 0.309 e. The van der Waals surface area contributed by atoms with Crippen molar-refractivity contribution in [2.75, 3.05) is 5.01 Å². The number of nitrogens with one attached hydrogen (secondary N) is 1. The van der Waals surface area contributed by atoms with Gasteiger partial charge in [-0.2, -0.15) is 0 Å². The molecule has 0 amide bonds. The highest BCUT2D eigenvalue weighted by Crippen LogP contribution is 2.45. The van der Waals surface area contributed by atoms with E-state index in [1.54, 1.807) is 0 Å². The Hall–Kier alpha value is -3.91. The van der Waals surface area contributed by atoms with E-state index in [2.05, 4.69) is 78.0 Å². The summed E-state index contributed by atoms with van der Waals surface area (Å²) in [5.41, 5.74) is 9.76. The van der Waals surface area contributed by atoms with E-state index >= 15 is 4.57 Å². The van der Waals surface area contributed by atoms with Gasteiger partial charge in [-0.1, -0.05) is 109 Å². The molecule has 0 spiro atoms. The number of anilines is 2. The number of hydrogen-bond acceptors (Lipinski definition) is 3. The molecule has 1 unspecified atom stereocenters. The number of benzene rings is 5. The molecule has 4 heteroatoms. The predicted molar refractivity (Wildman–Crippen MR) is 160 cm³/mol. The van der Waals surface area contributed by atoms with E-state index in [1.807, 2.05) is 72.8 Å². The summed E-state index contributed by atoms with van der Waals surface area (Å²) >= 11 is 0. The standard InChI is InChI=1S/C34H31N2OP/c1-26-31-22-24-33(35-36(27-14-6-2-7-15-27)28-16-8-3-9-17-28)32(31)23-25-34(26)38(37,29-18-10-4-11-19-29)30-20-12-5-13-21-30/h2-21,23,25,33,35H,22,24H2,1H3. The Morgan fingerprint density at radius 2 is 1.13 bits per heavy atom. The summed E-state index contributed by atoms with van der Waals surface area (Å²) in [6.07, 6.45) is 1.93. The average Bonchev–Trinajstić information content (AvgIpc) is 3.41. The van der Waals surface area contributed by atoms with Crippen LogP contribution in [0.15, 0.2) is 133 Å². The van der Waals surface area contributed by atoms with Gasteiger partial charge in [0.1, 0.15) is 0 Å². The van der Waals surface area contributed by atoms with Crippen LogP contribution in [0.3, 0.4) is 0 Å². The van der Waals surface area contributed by atoms with E-state index in [1.165, 1.54) is 11.1 Å². The second kappa shape index (κ2) is 10.5. The van der Waals surface area contributed by atoms with Crippen LogP contribution in [-0.4, -0.2) is 0 Å². The van der Waals surface area contributed by atoms with Gasteiger partial charge >= 0.3 is 0 Å². The highest BCUT2D eigenvalue weighted by molar-refractivity contribution is 7.85. The van der Waals surface area contributed by atoms with Gasteiger partial charge < -0.3 is 4.57 Å². The zero-order chi connectivity index (χ0) is 26.0. The summed E-state index contributed by atoms with van der Waals surface area (Å²) in [6, 6.07) is 45.2. The highest BCUT2D eigenvalue weighted by atomic mass is 31.2. The van der Waals surface area contributed by atoms with Crippen LogP contribution in [0.1, 0.15) is 29.2 Å². The van der Waals surface area contributed by atoms with Crippen LogP contribution in [0.4, 0.5) is 11.4 Å². The summed E-state index contributed by atoms with van der Waals surface area (Å²) in [7, 11) is -3.02. The van der Waals surface area contributed by atoms with Gasteiger partial charge in [-0.25, -0.2) is 5.43 Å². The second-order valence-electron chi connectivity index (χ2n) is 9.78. The van der Waals surface area contributed by atoms with Crippen molar-refractivity contribution in [2.24, 2.45) is 0 Å². The normalized spacial score (nSPS) is 14.7. The van der Waals surface area contributed by atoms with Gasteiger partial charge in [0.05, 0.1) is 17.4 Å². The van der Waals surface area contributed by atoms with Gasteiger partial charge in [0.25, 0.3) is 0 Å². The minimum absolute atomic E-state index is 0.158. The summed E-state index contributed by atoms with van der Waals surface area (Å²) in [5.74, 6) is 0. The first-order chi connectivity index (χ1) is 18.7. The second-order valence-corrected chi connectivity index (χ2v) is 12.5. The molecule has 6 rings (SSSR count). The Balaban J connectivity index is 1.41. The van der Waals surface area contributed by atoms with Crippen molar-refractivity contribution in [1.82, 2.24) is 5.43 Å². The van der Waals surface area contributed by atoms with Gasteiger partial charge in [-0.3, -0.25) is 5.01 Å². The van der Waals surface area contributed by atoms with Crippen LogP contribution in [0, 0.1) is 6.92 Å². The molecule has 1 N–H and O–H groups in total. The average molecular weight is 515 g/mol. The molecule has 0 heterocycles. The summed E-state index contributed by atoms with van der Waals surface area (Å²) in [5, 5.41) is 4.88. The van der Waals surface area contributed by atoms with Crippen LogP contribution in [-0.2, 0) is 11.0 Å². The summed E-state index contributed by atoms with van der Waals surface area (Å²) < 4.78 is 15.0. The fourth-order valence-electron chi connectivity index (χ4n) is 5.65. The molecule has 1 aliphatic carbocycles. The maximum Gasteiger partial charge on any atom is 0.171 e. The minimum Gasteiger partial charge on any atom is -0.309 e. The van der Waals surface area contributed by atoms with Gasteiger partial charge in [-0.05, 0) is 60.7 Å². The van der Waals surface area contributed by atoms with Crippen molar-refractivity contribution < 1.29 is 4.57 Å². The summed E-state index contributed by atoms with van der Waals surface area (Å²) in [6.45, 7) is 2.15. The molecule has 0 aliphatic heterocycles. The third-order valence-electron chi connectivity index (χ3n) is 7.56. The van der Waals surface area contributed by atoms with Gasteiger partial charge in [-0.15, -0.1) is 0 Å². The third-order valence-corrected chi connectivity index (χ3v) is 10.8. The van der Waals surface area contributed by atoms with E-state index in [0.717, 1.165) is 45.7 Å². The maximum absolute atomic E-state index is 15.0. The number of hydrogen-bond donors (Lipinski definition) is 1. The molecular formula is C34H31N2OP. The Labute approximate surface area is 225 Å². The van der Waals surface area contributed by atoms with E-state index < -0.39 is 7.14 Å². The lowest BCUT2D eigenvalue weighted by atomic mass is 10.0. The molecule has 188 valence electrons. The van der Waals surface area contributed by atoms with Crippen LogP contribution >= 0.6 is 7.14 Å². The molecule has 0 fully saturated rings. The Bertz CT molecular complexity index is 1490. The molecule has 5 aromatic rings. The fraction of sp³-hybridized carbons (Fsp3) is 0.118. The van der Waals surface area contributed by atoms with Crippen molar-refractivity contribution in [2.45, 2.75) is 25.8 Å². The Morgan fingerprint density at radius 1 is 0.658 bits per heavy atom. The Kier molecular flexibility index (Phi) is 6.72. The quantitative estimate of drug-likeness (QED) is 0.188. The summed E-state index contributed by atoms with van der Waals surface area (Å²) in [4.78, 5) is 0. The number of hydrazine groups is 1. The first-order valence-electron chi connectivity index (χ1n) is 13.2. The minimum atomic E-state index is -3.02. The van der Waals surface area contributed by atoms with Crippen molar-refractivity contribution >= 4 is 34.4 Å². The van der Waals surface area contributed by atoms with Gasteiger partial charge in [0.2, 0.25) is 0 Å². The lowest BCUT2D eigenvalue weighted by Crippen LogP contribution is -2.36. The molecule has 1 atom stereocenters. The van der Waals surface area contributed by atoms with E-state index in [4.69, 9.17) is 0 Å². The van der Waals surface area contributed by atoms with E-state index in [9.17, 15) is 0 Å². The van der Waals surface area contributed by atoms with Crippen LogP contribution in [0.2, 0.25) is 0 Å². The number of fused-ring (bicyclic) bond motifs is 1. The van der Waals surface area contributed by atoms with Crippen LogP contribution < -0.4 is 26.3 Å². The fourth-order valence-corrected chi connectivity index (χ4v) is 8.58. The van der Waals surface area contributed by atoms with Gasteiger partial charge in [0.15, 0.2) is 7.14 Å². The lowest BCUT2D eigenvalue weighted by Gasteiger charge is -2.30. The highest BCUT2D eigenvalue weighted by Gasteiger charge is 2.34. The molecule has 0 saturated carbocycles. The Morgan fingerprint density at radius 3 is 1.63 bits per heavy atom. The van der Waals surface area contributed by atoms with E-state index in [-0.39, 0.29) is 6.04 Å². The molecule has 0 aromatic heterocycles. The molecule has 0 bridgehead atoms. The lowest BCUT2D eigenvalue weighted by molar-refractivity contribution is 0.539. The van der Waals surface area contributed by atoms with Crippen molar-refractivity contribution in [3.8, 4) is 0 Å². The molecule has 3 nitrogen and oxygen atoms in total. The first kappa shape index (κ1) is 24.4. The van der Waals surface area contributed by atoms with Crippen LogP contribution in [0.5, 0.6) is 0 Å². The zero-order valence-corrected chi connectivity index (χ0v) is 22.4.